The molecular formula is C23H19ClFN3O3. The van der Waals surface area contributed by atoms with Gasteiger partial charge in [-0.2, -0.15) is 0 Å². The van der Waals surface area contributed by atoms with Gasteiger partial charge in [0.1, 0.15) is 5.82 Å². The molecule has 0 aliphatic carbocycles. The van der Waals surface area contributed by atoms with Crippen molar-refractivity contribution in [2.75, 3.05) is 0 Å². The van der Waals surface area contributed by atoms with Gasteiger partial charge in [-0.25, -0.2) is 4.39 Å². The first-order valence-corrected chi connectivity index (χ1v) is 9.77. The van der Waals surface area contributed by atoms with E-state index in [4.69, 9.17) is 11.6 Å². The predicted octanol–water partition coefficient (Wildman–Crippen LogP) is 3.80. The summed E-state index contributed by atoms with van der Waals surface area (Å²) in [6.07, 6.45) is -0.169. The molecule has 0 saturated carbocycles. The predicted molar refractivity (Wildman–Crippen MR) is 115 cm³/mol. The number of hydrazine groups is 1. The Morgan fingerprint density at radius 2 is 1.39 bits per heavy atom. The Hall–Kier alpha value is -3.71. The largest absolute Gasteiger partial charge is 0.345 e. The molecule has 3 N–H and O–H groups in total. The zero-order valence-electron chi connectivity index (χ0n) is 16.3. The van der Waals surface area contributed by atoms with Gasteiger partial charge < -0.3 is 5.32 Å². The van der Waals surface area contributed by atoms with Crippen molar-refractivity contribution >= 4 is 29.3 Å². The maximum Gasteiger partial charge on any atom is 0.272 e. The summed E-state index contributed by atoms with van der Waals surface area (Å²) in [7, 11) is 0. The first-order valence-electron chi connectivity index (χ1n) is 9.39. The number of hydrogen-bond donors (Lipinski definition) is 3. The lowest BCUT2D eigenvalue weighted by atomic mass is 10.0. The van der Waals surface area contributed by atoms with Gasteiger partial charge in [0.15, 0.2) is 0 Å². The molecule has 0 fully saturated rings. The first kappa shape index (κ1) is 22.0. The monoisotopic (exact) mass is 439 g/mol. The lowest BCUT2D eigenvalue weighted by Gasteiger charge is -2.19. The van der Waals surface area contributed by atoms with E-state index in [2.05, 4.69) is 16.2 Å². The lowest BCUT2D eigenvalue weighted by molar-refractivity contribution is -0.122. The molecule has 3 aromatic rings. The van der Waals surface area contributed by atoms with E-state index in [1.165, 1.54) is 18.2 Å². The molecule has 0 heterocycles. The van der Waals surface area contributed by atoms with Gasteiger partial charge in [-0.3, -0.25) is 25.2 Å². The Morgan fingerprint density at radius 3 is 2.06 bits per heavy atom. The standard InChI is InChI=1S/C23H19ClFN3O3/c24-18-12-6-4-10-16(18)22(30)26-20(15-8-2-1-3-9-15)14-21(29)27-28-23(31)17-11-5-7-13-19(17)25/h1-13,20H,14H2,(H,26,30)(H,27,29)(H,28,31). The molecule has 0 bridgehead atoms. The van der Waals surface area contributed by atoms with Gasteiger partial charge in [0, 0.05) is 0 Å². The number of carbonyl (C=O) groups excluding carboxylic acids is 3. The molecule has 0 aliphatic rings. The molecule has 158 valence electrons. The molecule has 3 rings (SSSR count). The second-order valence-corrected chi connectivity index (χ2v) is 7.01. The van der Waals surface area contributed by atoms with Crippen molar-refractivity contribution in [2.24, 2.45) is 0 Å². The minimum Gasteiger partial charge on any atom is -0.345 e. The van der Waals surface area contributed by atoms with E-state index in [0.717, 1.165) is 6.07 Å². The minimum absolute atomic E-state index is 0.169. The van der Waals surface area contributed by atoms with Gasteiger partial charge in [0.25, 0.3) is 11.8 Å². The number of hydrogen-bond acceptors (Lipinski definition) is 3. The second-order valence-electron chi connectivity index (χ2n) is 6.60. The Kier molecular flexibility index (Phi) is 7.35. The Balaban J connectivity index is 1.68. The zero-order chi connectivity index (χ0) is 22.2. The van der Waals surface area contributed by atoms with Gasteiger partial charge in [-0.1, -0.05) is 66.2 Å². The van der Waals surface area contributed by atoms with E-state index in [0.29, 0.717) is 5.56 Å². The molecule has 0 spiro atoms. The number of amides is 3. The Labute approximate surface area is 183 Å². The summed E-state index contributed by atoms with van der Waals surface area (Å²) < 4.78 is 13.7. The Bertz CT molecular complexity index is 1090. The average molecular weight is 440 g/mol. The second kappa shape index (κ2) is 10.4. The van der Waals surface area contributed by atoms with Crippen LogP contribution in [-0.2, 0) is 4.79 Å². The molecule has 0 aliphatic heterocycles. The summed E-state index contributed by atoms with van der Waals surface area (Å²) >= 11 is 6.09. The molecule has 0 radical (unpaired) electrons. The summed E-state index contributed by atoms with van der Waals surface area (Å²) in [6, 6.07) is 20.2. The van der Waals surface area contributed by atoms with Crippen molar-refractivity contribution in [2.45, 2.75) is 12.5 Å². The quantitative estimate of drug-likeness (QED) is 0.510. The summed E-state index contributed by atoms with van der Waals surface area (Å²) in [5.74, 6) is -2.51. The number of benzene rings is 3. The molecule has 1 atom stereocenters. The average Bonchev–Trinajstić information content (AvgIpc) is 2.78. The van der Waals surface area contributed by atoms with Crippen LogP contribution in [0.2, 0.25) is 5.02 Å². The van der Waals surface area contributed by atoms with Gasteiger partial charge in [-0.05, 0) is 29.8 Å². The van der Waals surface area contributed by atoms with Crippen LogP contribution < -0.4 is 16.2 Å². The number of nitrogens with one attached hydrogen (secondary N) is 3. The summed E-state index contributed by atoms with van der Waals surface area (Å²) in [4.78, 5) is 37.2. The molecule has 0 aromatic heterocycles. The highest BCUT2D eigenvalue weighted by Gasteiger charge is 2.21. The van der Waals surface area contributed by atoms with Gasteiger partial charge >= 0.3 is 0 Å². The van der Waals surface area contributed by atoms with Crippen molar-refractivity contribution in [1.82, 2.24) is 16.2 Å². The number of rotatable bonds is 6. The van der Waals surface area contributed by atoms with Crippen LogP contribution in [-0.4, -0.2) is 17.7 Å². The SMILES string of the molecule is O=C(CC(NC(=O)c1ccccc1Cl)c1ccccc1)NNC(=O)c1ccccc1F. The van der Waals surface area contributed by atoms with Crippen molar-refractivity contribution in [3.05, 3.63) is 106 Å². The molecular weight excluding hydrogens is 421 g/mol. The molecule has 1 unspecified atom stereocenters. The summed E-state index contributed by atoms with van der Waals surface area (Å²) in [5, 5.41) is 3.08. The summed E-state index contributed by atoms with van der Waals surface area (Å²) in [5.41, 5.74) is 5.20. The van der Waals surface area contributed by atoms with Crippen molar-refractivity contribution < 1.29 is 18.8 Å². The highest BCUT2D eigenvalue weighted by atomic mass is 35.5. The van der Waals surface area contributed by atoms with E-state index < -0.39 is 29.6 Å². The van der Waals surface area contributed by atoms with Crippen LogP contribution in [0, 0.1) is 5.82 Å². The lowest BCUT2D eigenvalue weighted by Crippen LogP contribution is -2.43. The highest BCUT2D eigenvalue weighted by molar-refractivity contribution is 6.33. The van der Waals surface area contributed by atoms with E-state index >= 15 is 0 Å². The van der Waals surface area contributed by atoms with Crippen LogP contribution in [0.1, 0.15) is 38.7 Å². The van der Waals surface area contributed by atoms with Crippen LogP contribution in [0.15, 0.2) is 78.9 Å². The first-order chi connectivity index (χ1) is 15.0. The third-order valence-electron chi connectivity index (χ3n) is 4.45. The van der Waals surface area contributed by atoms with Gasteiger partial charge in [-0.15, -0.1) is 0 Å². The maximum atomic E-state index is 13.7. The number of halogens is 2. The topological polar surface area (TPSA) is 87.3 Å². The smallest absolute Gasteiger partial charge is 0.272 e. The van der Waals surface area contributed by atoms with Crippen molar-refractivity contribution in [1.29, 1.82) is 0 Å². The fourth-order valence-electron chi connectivity index (χ4n) is 2.89. The van der Waals surface area contributed by atoms with Gasteiger partial charge in [0.2, 0.25) is 5.91 Å². The third kappa shape index (κ3) is 5.90. The normalized spacial score (nSPS) is 11.3. The van der Waals surface area contributed by atoms with Crippen LogP contribution in [0.3, 0.4) is 0 Å². The molecule has 31 heavy (non-hydrogen) atoms. The minimum atomic E-state index is -0.789. The number of carbonyl (C=O) groups is 3. The van der Waals surface area contributed by atoms with Crippen LogP contribution in [0.4, 0.5) is 4.39 Å². The molecule has 8 heteroatoms. The molecule has 0 saturated heterocycles. The fourth-order valence-corrected chi connectivity index (χ4v) is 3.12. The van der Waals surface area contributed by atoms with Crippen LogP contribution in [0.25, 0.3) is 0 Å². The third-order valence-corrected chi connectivity index (χ3v) is 4.78. The van der Waals surface area contributed by atoms with E-state index in [9.17, 15) is 18.8 Å². The zero-order valence-corrected chi connectivity index (χ0v) is 17.0. The molecule has 3 aromatic carbocycles. The highest BCUT2D eigenvalue weighted by Crippen LogP contribution is 2.20. The van der Waals surface area contributed by atoms with Crippen molar-refractivity contribution in [3.8, 4) is 0 Å². The molecule has 6 nitrogen and oxygen atoms in total. The van der Waals surface area contributed by atoms with E-state index in [1.54, 1.807) is 48.5 Å². The summed E-state index contributed by atoms with van der Waals surface area (Å²) in [6.45, 7) is 0. The fraction of sp³-hybridized carbons (Fsp3) is 0.0870. The van der Waals surface area contributed by atoms with Crippen LogP contribution in [0.5, 0.6) is 0 Å². The Morgan fingerprint density at radius 1 is 0.774 bits per heavy atom. The molecule has 3 amide bonds. The maximum absolute atomic E-state index is 13.7. The van der Waals surface area contributed by atoms with Gasteiger partial charge in [0.05, 0.1) is 28.6 Å². The van der Waals surface area contributed by atoms with E-state index in [1.807, 2.05) is 6.07 Å². The van der Waals surface area contributed by atoms with Crippen LogP contribution >= 0.6 is 11.6 Å². The van der Waals surface area contributed by atoms with E-state index in [-0.39, 0.29) is 22.6 Å². The van der Waals surface area contributed by atoms with Crippen molar-refractivity contribution in [3.63, 3.8) is 0 Å².